The molecule has 2 N–H and O–H groups in total. The Morgan fingerprint density at radius 1 is 1.00 bits per heavy atom. The van der Waals surface area contributed by atoms with Crippen molar-refractivity contribution in [2.75, 3.05) is 0 Å². The van der Waals surface area contributed by atoms with E-state index in [1.807, 2.05) is 0 Å². The second-order valence-corrected chi connectivity index (χ2v) is 4.12. The van der Waals surface area contributed by atoms with Gasteiger partial charge in [-0.05, 0) is 29.3 Å². The number of ether oxygens (including phenoxy) is 1. The van der Waals surface area contributed by atoms with Gasteiger partial charge in [-0.15, -0.1) is 0 Å². The molecule has 0 atom stereocenters. The van der Waals surface area contributed by atoms with Crippen molar-refractivity contribution in [2.45, 2.75) is 13.2 Å². The third kappa shape index (κ3) is 3.11. The molecule has 104 valence electrons. The average molecular weight is 275 g/mol. The number of nitro groups is 1. The zero-order chi connectivity index (χ0) is 14.5. The summed E-state index contributed by atoms with van der Waals surface area (Å²) in [4.78, 5) is 10.4. The van der Waals surface area contributed by atoms with Crippen LogP contribution in [0.1, 0.15) is 11.1 Å². The second-order valence-electron chi connectivity index (χ2n) is 4.12. The maximum absolute atomic E-state index is 11.0. The molecule has 6 heteroatoms. The Hall–Kier alpha value is -2.44. The highest BCUT2D eigenvalue weighted by molar-refractivity contribution is 5.50. The van der Waals surface area contributed by atoms with Crippen LogP contribution in [0.2, 0.25) is 0 Å². The van der Waals surface area contributed by atoms with E-state index in [1.165, 1.54) is 12.1 Å². The SMILES string of the molecule is O=[N+]([O-])c1cc(CO)ccc1Oc1ccc(CO)cc1. The van der Waals surface area contributed by atoms with E-state index in [9.17, 15) is 10.1 Å². The van der Waals surface area contributed by atoms with E-state index in [-0.39, 0.29) is 24.7 Å². The third-order valence-electron chi connectivity index (χ3n) is 2.74. The molecule has 6 nitrogen and oxygen atoms in total. The Kier molecular flexibility index (Phi) is 4.29. The molecule has 0 aliphatic carbocycles. The Balaban J connectivity index is 2.29. The third-order valence-corrected chi connectivity index (χ3v) is 2.74. The van der Waals surface area contributed by atoms with Crippen LogP contribution in [0.15, 0.2) is 42.5 Å². The van der Waals surface area contributed by atoms with Gasteiger partial charge >= 0.3 is 5.69 Å². The minimum absolute atomic E-state index is 0.0778. The van der Waals surface area contributed by atoms with Crippen LogP contribution >= 0.6 is 0 Å². The first-order valence-corrected chi connectivity index (χ1v) is 5.90. The van der Waals surface area contributed by atoms with Crippen LogP contribution in [0.25, 0.3) is 0 Å². The van der Waals surface area contributed by atoms with E-state index in [1.54, 1.807) is 30.3 Å². The molecule has 0 radical (unpaired) electrons. The van der Waals surface area contributed by atoms with E-state index in [2.05, 4.69) is 0 Å². The number of aliphatic hydroxyl groups excluding tert-OH is 2. The van der Waals surface area contributed by atoms with Crippen molar-refractivity contribution in [2.24, 2.45) is 0 Å². The smallest absolute Gasteiger partial charge is 0.311 e. The normalized spacial score (nSPS) is 10.3. The predicted octanol–water partition coefficient (Wildman–Crippen LogP) is 2.37. The summed E-state index contributed by atoms with van der Waals surface area (Å²) in [5.41, 5.74) is 0.963. The number of hydrogen-bond acceptors (Lipinski definition) is 5. The molecule has 0 fully saturated rings. The highest BCUT2D eigenvalue weighted by Gasteiger charge is 2.16. The van der Waals surface area contributed by atoms with Gasteiger partial charge in [0.25, 0.3) is 0 Å². The molecule has 0 heterocycles. The minimum Gasteiger partial charge on any atom is -0.450 e. The lowest BCUT2D eigenvalue weighted by Crippen LogP contribution is -1.95. The Bertz CT molecular complexity index is 609. The standard InChI is InChI=1S/C14H13NO5/c16-8-10-1-4-12(5-2-10)20-14-6-3-11(9-17)7-13(14)15(18)19/h1-7,16-17H,8-9H2. The average Bonchev–Trinajstić information content (AvgIpc) is 2.48. The van der Waals surface area contributed by atoms with Crippen molar-refractivity contribution in [1.82, 2.24) is 0 Å². The van der Waals surface area contributed by atoms with E-state index < -0.39 is 4.92 Å². The molecule has 2 aromatic carbocycles. The fourth-order valence-corrected chi connectivity index (χ4v) is 1.68. The number of rotatable bonds is 5. The van der Waals surface area contributed by atoms with Crippen molar-refractivity contribution in [3.05, 3.63) is 63.7 Å². The summed E-state index contributed by atoms with van der Waals surface area (Å²) in [6.07, 6.45) is 0. The zero-order valence-corrected chi connectivity index (χ0v) is 10.5. The Morgan fingerprint density at radius 2 is 1.60 bits per heavy atom. The molecular formula is C14H13NO5. The molecule has 2 aromatic rings. The molecule has 0 aromatic heterocycles. The zero-order valence-electron chi connectivity index (χ0n) is 10.5. The monoisotopic (exact) mass is 275 g/mol. The largest absolute Gasteiger partial charge is 0.450 e. The summed E-state index contributed by atoms with van der Waals surface area (Å²) in [5, 5.41) is 28.9. The van der Waals surface area contributed by atoms with Gasteiger partial charge in [-0.25, -0.2) is 0 Å². The fraction of sp³-hybridized carbons (Fsp3) is 0.143. The van der Waals surface area contributed by atoms with Gasteiger partial charge in [-0.2, -0.15) is 0 Å². The Morgan fingerprint density at radius 3 is 2.15 bits per heavy atom. The molecule has 0 unspecified atom stereocenters. The predicted molar refractivity (Wildman–Crippen MR) is 71.5 cm³/mol. The van der Waals surface area contributed by atoms with Crippen LogP contribution in [0.4, 0.5) is 5.69 Å². The summed E-state index contributed by atoms with van der Waals surface area (Å²) >= 11 is 0. The first-order chi connectivity index (χ1) is 9.63. The molecule has 0 amide bonds. The van der Waals surface area contributed by atoms with E-state index in [0.717, 1.165) is 5.56 Å². The van der Waals surface area contributed by atoms with Gasteiger partial charge in [0.15, 0.2) is 0 Å². The highest BCUT2D eigenvalue weighted by Crippen LogP contribution is 2.32. The molecule has 0 saturated heterocycles. The first kappa shape index (κ1) is 14.0. The summed E-state index contributed by atoms with van der Waals surface area (Å²) in [6.45, 7) is -0.349. The molecular weight excluding hydrogens is 262 g/mol. The van der Waals surface area contributed by atoms with Crippen molar-refractivity contribution in [3.63, 3.8) is 0 Å². The second kappa shape index (κ2) is 6.14. The number of nitrogens with zero attached hydrogens (tertiary/aromatic N) is 1. The number of nitro benzene ring substituents is 1. The minimum atomic E-state index is -0.559. The van der Waals surface area contributed by atoms with Gasteiger partial charge in [0.2, 0.25) is 5.75 Å². The molecule has 0 aliphatic rings. The summed E-state index contributed by atoms with van der Waals surface area (Å²) < 4.78 is 5.46. The maximum atomic E-state index is 11.0. The molecule has 2 rings (SSSR count). The highest BCUT2D eigenvalue weighted by atomic mass is 16.6. The van der Waals surface area contributed by atoms with Crippen molar-refractivity contribution in [3.8, 4) is 11.5 Å². The summed E-state index contributed by atoms with van der Waals surface area (Å²) in [6, 6.07) is 10.9. The molecule has 0 aliphatic heterocycles. The van der Waals surface area contributed by atoms with Crippen molar-refractivity contribution >= 4 is 5.69 Å². The van der Waals surface area contributed by atoms with E-state index in [0.29, 0.717) is 11.3 Å². The fourth-order valence-electron chi connectivity index (χ4n) is 1.68. The molecule has 0 saturated carbocycles. The van der Waals surface area contributed by atoms with Gasteiger partial charge in [0, 0.05) is 6.07 Å². The van der Waals surface area contributed by atoms with Crippen LogP contribution in [0.5, 0.6) is 11.5 Å². The van der Waals surface area contributed by atoms with Crippen LogP contribution in [-0.2, 0) is 13.2 Å². The van der Waals surface area contributed by atoms with Gasteiger partial charge in [-0.1, -0.05) is 18.2 Å². The van der Waals surface area contributed by atoms with Crippen LogP contribution < -0.4 is 4.74 Å². The lowest BCUT2D eigenvalue weighted by Gasteiger charge is -2.07. The Labute approximate surface area is 115 Å². The van der Waals surface area contributed by atoms with Gasteiger partial charge < -0.3 is 14.9 Å². The van der Waals surface area contributed by atoms with Gasteiger partial charge in [-0.3, -0.25) is 10.1 Å². The van der Waals surface area contributed by atoms with Gasteiger partial charge in [0.05, 0.1) is 18.1 Å². The van der Waals surface area contributed by atoms with Gasteiger partial charge in [0.1, 0.15) is 5.75 Å². The lowest BCUT2D eigenvalue weighted by atomic mass is 10.2. The quantitative estimate of drug-likeness (QED) is 0.645. The summed E-state index contributed by atoms with van der Waals surface area (Å²) in [7, 11) is 0. The van der Waals surface area contributed by atoms with Crippen molar-refractivity contribution < 1.29 is 19.9 Å². The summed E-state index contributed by atoms with van der Waals surface area (Å²) in [5.74, 6) is 0.533. The number of aliphatic hydroxyl groups is 2. The molecule has 0 spiro atoms. The topological polar surface area (TPSA) is 92.8 Å². The van der Waals surface area contributed by atoms with E-state index in [4.69, 9.17) is 14.9 Å². The molecule has 20 heavy (non-hydrogen) atoms. The van der Waals surface area contributed by atoms with Crippen LogP contribution in [-0.4, -0.2) is 15.1 Å². The van der Waals surface area contributed by atoms with E-state index >= 15 is 0 Å². The van der Waals surface area contributed by atoms with Crippen molar-refractivity contribution in [1.29, 1.82) is 0 Å². The maximum Gasteiger partial charge on any atom is 0.311 e. The lowest BCUT2D eigenvalue weighted by molar-refractivity contribution is -0.385. The molecule has 0 bridgehead atoms. The number of benzene rings is 2. The number of hydrogen-bond donors (Lipinski definition) is 2. The first-order valence-electron chi connectivity index (χ1n) is 5.90. The van der Waals surface area contributed by atoms with Crippen LogP contribution in [0, 0.1) is 10.1 Å². The van der Waals surface area contributed by atoms with Crippen LogP contribution in [0.3, 0.4) is 0 Å².